The van der Waals surface area contributed by atoms with Crippen LogP contribution in [0.1, 0.15) is 18.4 Å². The summed E-state index contributed by atoms with van der Waals surface area (Å²) in [5.41, 5.74) is -0.171. The number of aromatic nitrogens is 2. The van der Waals surface area contributed by atoms with Crippen LogP contribution in [0.5, 0.6) is 0 Å². The molecule has 0 aliphatic carbocycles. The normalized spacial score (nSPS) is 19.3. The standard InChI is InChI=1S/C14H14F3N3O2/c15-14(16,17)9-3-4-10-11(6-9)19-13(18-10)20-12(21)8-2-1-5-22-7-8/h3-4,6,8H,1-2,5,7H2,(H2,18,19,20,21)/t8-/m0/s1. The van der Waals surface area contributed by atoms with Gasteiger partial charge >= 0.3 is 6.18 Å². The average Bonchev–Trinajstić information content (AvgIpc) is 2.88. The van der Waals surface area contributed by atoms with Gasteiger partial charge in [0.15, 0.2) is 0 Å². The van der Waals surface area contributed by atoms with Crippen molar-refractivity contribution < 1.29 is 22.7 Å². The third kappa shape index (κ3) is 3.06. The molecule has 1 aromatic heterocycles. The summed E-state index contributed by atoms with van der Waals surface area (Å²) < 4.78 is 43.2. The molecule has 2 heterocycles. The molecule has 3 rings (SSSR count). The number of rotatable bonds is 2. The lowest BCUT2D eigenvalue weighted by Gasteiger charge is -2.20. The van der Waals surface area contributed by atoms with Crippen LogP contribution in [0.15, 0.2) is 18.2 Å². The van der Waals surface area contributed by atoms with Gasteiger partial charge in [-0.1, -0.05) is 0 Å². The van der Waals surface area contributed by atoms with Crippen LogP contribution in [0.2, 0.25) is 0 Å². The Bertz CT molecular complexity index is 690. The van der Waals surface area contributed by atoms with Gasteiger partial charge in [0.1, 0.15) is 0 Å². The SMILES string of the molecule is O=C(Nc1nc2ccc(C(F)(F)F)cc2[nH]1)[C@H]1CCCOC1. The highest BCUT2D eigenvalue weighted by molar-refractivity contribution is 5.92. The lowest BCUT2D eigenvalue weighted by molar-refractivity contribution is -0.137. The minimum absolute atomic E-state index is 0.143. The fraction of sp³-hybridized carbons (Fsp3) is 0.429. The van der Waals surface area contributed by atoms with Crippen LogP contribution >= 0.6 is 0 Å². The summed E-state index contributed by atoms with van der Waals surface area (Å²) in [7, 11) is 0. The van der Waals surface area contributed by atoms with Crippen LogP contribution in [-0.4, -0.2) is 29.1 Å². The number of imidazole rings is 1. The van der Waals surface area contributed by atoms with E-state index >= 15 is 0 Å². The number of aromatic amines is 1. The second-order valence-corrected chi connectivity index (χ2v) is 5.22. The second-order valence-electron chi connectivity index (χ2n) is 5.22. The van der Waals surface area contributed by atoms with Crippen LogP contribution in [-0.2, 0) is 15.7 Å². The van der Waals surface area contributed by atoms with Crippen molar-refractivity contribution in [1.82, 2.24) is 9.97 Å². The van der Waals surface area contributed by atoms with Crippen molar-refractivity contribution in [2.75, 3.05) is 18.5 Å². The van der Waals surface area contributed by atoms with Gasteiger partial charge in [0, 0.05) is 6.61 Å². The molecular formula is C14H14F3N3O2. The topological polar surface area (TPSA) is 67.0 Å². The number of carbonyl (C=O) groups is 1. The summed E-state index contributed by atoms with van der Waals surface area (Å²) in [6.45, 7) is 0.999. The molecule has 2 aromatic rings. The van der Waals surface area contributed by atoms with Gasteiger partial charge in [-0.25, -0.2) is 4.98 Å². The number of ether oxygens (including phenoxy) is 1. The summed E-state index contributed by atoms with van der Waals surface area (Å²) in [6, 6.07) is 3.21. The molecule has 22 heavy (non-hydrogen) atoms. The Labute approximate surface area is 123 Å². The van der Waals surface area contributed by atoms with E-state index in [0.717, 1.165) is 25.0 Å². The molecule has 1 amide bonds. The van der Waals surface area contributed by atoms with Crippen LogP contribution in [0, 0.1) is 5.92 Å². The first-order valence-electron chi connectivity index (χ1n) is 6.89. The van der Waals surface area contributed by atoms with E-state index in [1.165, 1.54) is 6.07 Å². The molecule has 118 valence electrons. The van der Waals surface area contributed by atoms with Crippen molar-refractivity contribution in [3.63, 3.8) is 0 Å². The first-order valence-corrected chi connectivity index (χ1v) is 6.89. The Hall–Kier alpha value is -2.09. The molecule has 1 saturated heterocycles. The van der Waals surface area contributed by atoms with Gasteiger partial charge in [0.25, 0.3) is 0 Å². The van der Waals surface area contributed by atoms with Gasteiger partial charge in [0.05, 0.1) is 29.1 Å². The number of nitrogens with one attached hydrogen (secondary N) is 2. The van der Waals surface area contributed by atoms with Gasteiger partial charge < -0.3 is 9.72 Å². The lowest BCUT2D eigenvalue weighted by Crippen LogP contribution is -2.30. The largest absolute Gasteiger partial charge is 0.416 e. The molecule has 1 atom stereocenters. The highest BCUT2D eigenvalue weighted by atomic mass is 19.4. The summed E-state index contributed by atoms with van der Waals surface area (Å²) in [4.78, 5) is 18.8. The van der Waals surface area contributed by atoms with Gasteiger partial charge in [-0.3, -0.25) is 10.1 Å². The molecule has 0 spiro atoms. The molecule has 1 aliphatic rings. The van der Waals surface area contributed by atoms with E-state index in [1.807, 2.05) is 0 Å². The van der Waals surface area contributed by atoms with Gasteiger partial charge in [0.2, 0.25) is 11.9 Å². The molecule has 0 saturated carbocycles. The Morgan fingerprint density at radius 2 is 2.23 bits per heavy atom. The number of nitrogens with zero attached hydrogens (tertiary/aromatic N) is 1. The van der Waals surface area contributed by atoms with E-state index in [-0.39, 0.29) is 23.3 Å². The van der Waals surface area contributed by atoms with E-state index in [2.05, 4.69) is 15.3 Å². The average molecular weight is 313 g/mol. The fourth-order valence-corrected chi connectivity index (χ4v) is 2.41. The molecular weight excluding hydrogens is 299 g/mol. The molecule has 0 radical (unpaired) electrons. The van der Waals surface area contributed by atoms with Crippen LogP contribution in [0.3, 0.4) is 0 Å². The number of carbonyl (C=O) groups excluding carboxylic acids is 1. The van der Waals surface area contributed by atoms with Crippen molar-refractivity contribution in [2.24, 2.45) is 5.92 Å². The van der Waals surface area contributed by atoms with Crippen molar-refractivity contribution in [1.29, 1.82) is 0 Å². The Morgan fingerprint density at radius 3 is 2.91 bits per heavy atom. The highest BCUT2D eigenvalue weighted by Crippen LogP contribution is 2.31. The van der Waals surface area contributed by atoms with E-state index in [9.17, 15) is 18.0 Å². The number of hydrogen-bond acceptors (Lipinski definition) is 3. The van der Waals surface area contributed by atoms with Crippen LogP contribution in [0.4, 0.5) is 19.1 Å². The number of alkyl halides is 3. The maximum absolute atomic E-state index is 12.7. The zero-order valence-electron chi connectivity index (χ0n) is 11.5. The molecule has 1 fully saturated rings. The summed E-state index contributed by atoms with van der Waals surface area (Å²) in [6.07, 6.45) is -2.88. The monoisotopic (exact) mass is 313 g/mol. The van der Waals surface area contributed by atoms with E-state index < -0.39 is 11.7 Å². The van der Waals surface area contributed by atoms with E-state index in [0.29, 0.717) is 18.7 Å². The predicted octanol–water partition coefficient (Wildman–Crippen LogP) is 2.95. The van der Waals surface area contributed by atoms with Gasteiger partial charge in [-0.2, -0.15) is 13.2 Å². The van der Waals surface area contributed by atoms with Gasteiger partial charge in [-0.15, -0.1) is 0 Å². The summed E-state index contributed by atoms with van der Waals surface area (Å²) in [5.74, 6) is -0.354. The number of anilines is 1. The van der Waals surface area contributed by atoms with E-state index in [4.69, 9.17) is 4.74 Å². The summed E-state index contributed by atoms with van der Waals surface area (Å²) >= 11 is 0. The third-order valence-corrected chi connectivity index (χ3v) is 3.58. The third-order valence-electron chi connectivity index (χ3n) is 3.58. The quantitative estimate of drug-likeness (QED) is 0.896. The number of amides is 1. The first kappa shape index (κ1) is 14.8. The molecule has 1 aromatic carbocycles. The molecule has 1 aliphatic heterocycles. The minimum atomic E-state index is -4.41. The highest BCUT2D eigenvalue weighted by Gasteiger charge is 2.31. The minimum Gasteiger partial charge on any atom is -0.381 e. The van der Waals surface area contributed by atoms with E-state index in [1.54, 1.807) is 0 Å². The van der Waals surface area contributed by atoms with Crippen molar-refractivity contribution in [2.45, 2.75) is 19.0 Å². The zero-order valence-corrected chi connectivity index (χ0v) is 11.5. The lowest BCUT2D eigenvalue weighted by atomic mass is 10.0. The fourth-order valence-electron chi connectivity index (χ4n) is 2.41. The number of benzene rings is 1. The number of fused-ring (bicyclic) bond motifs is 1. The van der Waals surface area contributed by atoms with Crippen LogP contribution in [0.25, 0.3) is 11.0 Å². The smallest absolute Gasteiger partial charge is 0.381 e. The Morgan fingerprint density at radius 1 is 1.41 bits per heavy atom. The van der Waals surface area contributed by atoms with Crippen molar-refractivity contribution in [3.8, 4) is 0 Å². The molecule has 2 N–H and O–H groups in total. The Balaban J connectivity index is 1.78. The molecule has 8 heteroatoms. The molecule has 5 nitrogen and oxygen atoms in total. The predicted molar refractivity (Wildman–Crippen MR) is 73.3 cm³/mol. The molecule has 0 bridgehead atoms. The maximum atomic E-state index is 12.7. The number of hydrogen-bond donors (Lipinski definition) is 2. The van der Waals surface area contributed by atoms with Crippen LogP contribution < -0.4 is 5.32 Å². The number of H-pyrrole nitrogens is 1. The maximum Gasteiger partial charge on any atom is 0.416 e. The Kier molecular flexibility index (Phi) is 3.78. The zero-order chi connectivity index (χ0) is 15.7. The van der Waals surface area contributed by atoms with Crippen molar-refractivity contribution >= 4 is 22.9 Å². The number of halogens is 3. The second kappa shape index (κ2) is 5.60. The van der Waals surface area contributed by atoms with Gasteiger partial charge in [-0.05, 0) is 31.0 Å². The summed E-state index contributed by atoms with van der Waals surface area (Å²) in [5, 5.41) is 2.59. The molecule has 0 unspecified atom stereocenters. The van der Waals surface area contributed by atoms with Crippen molar-refractivity contribution in [3.05, 3.63) is 23.8 Å². The first-order chi connectivity index (χ1) is 10.4.